The molecule has 3 amide bonds. The summed E-state index contributed by atoms with van der Waals surface area (Å²) in [4.78, 5) is 38.1. The summed E-state index contributed by atoms with van der Waals surface area (Å²) < 4.78 is 59.8. The van der Waals surface area contributed by atoms with Crippen LogP contribution in [0.3, 0.4) is 0 Å². The van der Waals surface area contributed by atoms with Crippen LogP contribution in [0.1, 0.15) is 0 Å². The van der Waals surface area contributed by atoms with Gasteiger partial charge in [0.15, 0.2) is 11.6 Å². The molecule has 2 aliphatic rings. The monoisotopic (exact) mass is 547 g/mol. The summed E-state index contributed by atoms with van der Waals surface area (Å²) in [6.07, 6.45) is -3.88. The predicted molar refractivity (Wildman–Crippen MR) is 127 cm³/mol. The number of nitrogens with two attached hydrogens (primary N) is 2. The third-order valence-electron chi connectivity index (χ3n) is 5.76. The standard InChI is InChI=1S/C21H29F4N9O4/c22-15-5-13(33-11-14(38-21(33)37)9-29-20(36)19(24)25)6-16(23)18(15)32-2-1-30-34(4-3-32)17(35)10-28-8-12(7-26)31-27/h5-7,14,19,28,30-31H,1-4,8-11,26-27H2,(H,29,36)/b12-7-/t14-/m0/s1. The smallest absolute Gasteiger partial charge is 0.414 e. The Bertz CT molecular complexity index is 1040. The molecular formula is C21H29F4N9O4. The molecule has 0 aromatic heterocycles. The van der Waals surface area contributed by atoms with Crippen LogP contribution in [0, 0.1) is 11.6 Å². The number of anilines is 2. The molecule has 1 aromatic carbocycles. The quantitative estimate of drug-likeness (QED) is 0.117. The second-order valence-electron chi connectivity index (χ2n) is 8.30. The average Bonchev–Trinajstić information content (AvgIpc) is 3.08. The topological polar surface area (TPSA) is 170 Å². The van der Waals surface area contributed by atoms with E-state index in [0.717, 1.165) is 17.0 Å². The number of nitrogens with one attached hydrogen (secondary N) is 4. The molecule has 1 atom stereocenters. The Balaban J connectivity index is 1.60. The lowest BCUT2D eigenvalue weighted by atomic mass is 10.2. The molecule has 8 N–H and O–H groups in total. The molecule has 2 aliphatic heterocycles. The molecule has 2 heterocycles. The van der Waals surface area contributed by atoms with Crippen LogP contribution in [-0.4, -0.2) is 87.8 Å². The summed E-state index contributed by atoms with van der Waals surface area (Å²) in [6.45, 7) is 0.244. The van der Waals surface area contributed by atoms with Crippen LogP contribution in [-0.2, 0) is 14.3 Å². The van der Waals surface area contributed by atoms with Crippen molar-refractivity contribution in [1.82, 2.24) is 26.5 Å². The van der Waals surface area contributed by atoms with Crippen molar-refractivity contribution in [1.29, 1.82) is 0 Å². The fourth-order valence-electron chi connectivity index (χ4n) is 3.87. The lowest BCUT2D eigenvalue weighted by Gasteiger charge is -2.25. The highest BCUT2D eigenvalue weighted by molar-refractivity contribution is 5.90. The SMILES string of the molecule is N/C=C(/CNCC(=O)N1CCN(c2c(F)cc(N3C[C@H](CNC(=O)C(F)F)OC3=O)cc2F)CCN1)NN. The molecular weight excluding hydrogens is 518 g/mol. The highest BCUT2D eigenvalue weighted by Gasteiger charge is 2.34. The van der Waals surface area contributed by atoms with E-state index in [1.807, 2.05) is 5.32 Å². The Morgan fingerprint density at radius 3 is 2.53 bits per heavy atom. The van der Waals surface area contributed by atoms with Gasteiger partial charge in [-0.25, -0.2) is 19.0 Å². The van der Waals surface area contributed by atoms with E-state index in [2.05, 4.69) is 16.2 Å². The summed E-state index contributed by atoms with van der Waals surface area (Å²) in [7, 11) is 0. The Morgan fingerprint density at radius 1 is 1.18 bits per heavy atom. The van der Waals surface area contributed by atoms with Crippen LogP contribution in [0.5, 0.6) is 0 Å². The van der Waals surface area contributed by atoms with Gasteiger partial charge in [-0.1, -0.05) is 0 Å². The van der Waals surface area contributed by atoms with E-state index in [9.17, 15) is 23.2 Å². The summed E-state index contributed by atoms with van der Waals surface area (Å²) >= 11 is 0. The number of amides is 3. The van der Waals surface area contributed by atoms with E-state index in [1.165, 1.54) is 16.1 Å². The molecule has 0 spiro atoms. The fourth-order valence-corrected chi connectivity index (χ4v) is 3.87. The van der Waals surface area contributed by atoms with Crippen molar-refractivity contribution in [3.63, 3.8) is 0 Å². The van der Waals surface area contributed by atoms with Gasteiger partial charge in [0, 0.05) is 44.5 Å². The molecule has 13 nitrogen and oxygen atoms in total. The molecule has 0 radical (unpaired) electrons. The maximum Gasteiger partial charge on any atom is 0.414 e. The van der Waals surface area contributed by atoms with Crippen LogP contribution >= 0.6 is 0 Å². The number of ether oxygens (including phenoxy) is 1. The number of nitrogens with zero attached hydrogens (tertiary/aromatic N) is 3. The second-order valence-corrected chi connectivity index (χ2v) is 8.30. The van der Waals surface area contributed by atoms with Crippen molar-refractivity contribution >= 4 is 29.3 Å². The fraction of sp³-hybridized carbons (Fsp3) is 0.476. The molecule has 0 unspecified atom stereocenters. The van der Waals surface area contributed by atoms with Gasteiger partial charge in [-0.05, 0) is 0 Å². The molecule has 17 heteroatoms. The van der Waals surface area contributed by atoms with Crippen molar-refractivity contribution in [2.24, 2.45) is 11.6 Å². The number of rotatable bonds is 10. The zero-order chi connectivity index (χ0) is 27.8. The van der Waals surface area contributed by atoms with Gasteiger partial charge in [-0.3, -0.25) is 25.3 Å². The third kappa shape index (κ3) is 7.14. The number of benzene rings is 1. The predicted octanol–water partition coefficient (Wildman–Crippen LogP) is -1.32. The minimum Gasteiger partial charge on any atom is -0.442 e. The molecule has 38 heavy (non-hydrogen) atoms. The number of halogens is 4. The molecule has 0 bridgehead atoms. The lowest BCUT2D eigenvalue weighted by Crippen LogP contribution is -2.48. The zero-order valence-electron chi connectivity index (χ0n) is 20.2. The first-order valence-electron chi connectivity index (χ1n) is 11.5. The normalized spacial score (nSPS) is 18.5. The number of alkyl halides is 2. The van der Waals surface area contributed by atoms with E-state index < -0.39 is 36.2 Å². The van der Waals surface area contributed by atoms with E-state index in [1.54, 1.807) is 0 Å². The highest BCUT2D eigenvalue weighted by Crippen LogP contribution is 2.31. The van der Waals surface area contributed by atoms with Crippen LogP contribution in [0.15, 0.2) is 24.0 Å². The molecule has 0 aliphatic carbocycles. The van der Waals surface area contributed by atoms with E-state index in [-0.39, 0.29) is 69.6 Å². The largest absolute Gasteiger partial charge is 0.442 e. The van der Waals surface area contributed by atoms with Crippen molar-refractivity contribution < 1.29 is 36.7 Å². The van der Waals surface area contributed by atoms with Crippen molar-refractivity contribution in [2.75, 3.05) is 62.2 Å². The average molecular weight is 548 g/mol. The summed E-state index contributed by atoms with van der Waals surface area (Å²) in [6, 6.07) is 1.91. The number of hydrogen-bond donors (Lipinski definition) is 6. The van der Waals surface area contributed by atoms with E-state index >= 15 is 8.78 Å². The van der Waals surface area contributed by atoms with Crippen molar-refractivity contribution in [3.05, 3.63) is 35.7 Å². The molecule has 0 saturated carbocycles. The molecule has 1 aromatic rings. The first-order chi connectivity index (χ1) is 18.1. The van der Waals surface area contributed by atoms with Crippen molar-refractivity contribution in [3.8, 4) is 0 Å². The van der Waals surface area contributed by atoms with Crippen LogP contribution in [0.25, 0.3) is 0 Å². The Hall–Kier alpha value is -3.83. The minimum absolute atomic E-state index is 0.0395. The summed E-state index contributed by atoms with van der Waals surface area (Å²) in [5, 5.41) is 6.14. The third-order valence-corrected chi connectivity index (χ3v) is 5.76. The molecule has 2 saturated heterocycles. The minimum atomic E-state index is -3.23. The molecule has 210 valence electrons. The van der Waals surface area contributed by atoms with Gasteiger partial charge in [0.1, 0.15) is 11.8 Å². The van der Waals surface area contributed by atoms with Gasteiger partial charge in [0.2, 0.25) is 0 Å². The Labute approximate surface area is 215 Å². The molecule has 3 rings (SSSR count). The lowest BCUT2D eigenvalue weighted by molar-refractivity contribution is -0.133. The van der Waals surface area contributed by atoms with E-state index in [4.69, 9.17) is 16.3 Å². The number of cyclic esters (lactones) is 1. The van der Waals surface area contributed by atoms with Crippen LogP contribution in [0.2, 0.25) is 0 Å². The van der Waals surface area contributed by atoms with Gasteiger partial charge >= 0.3 is 12.5 Å². The Kier molecular flexibility index (Phi) is 9.91. The number of carbonyl (C=O) groups excluding carboxylic acids is 3. The zero-order valence-corrected chi connectivity index (χ0v) is 20.2. The van der Waals surface area contributed by atoms with Gasteiger partial charge in [0.25, 0.3) is 11.8 Å². The second kappa shape index (κ2) is 13.1. The van der Waals surface area contributed by atoms with Gasteiger partial charge in [-0.2, -0.15) is 8.78 Å². The van der Waals surface area contributed by atoms with Gasteiger partial charge < -0.3 is 31.4 Å². The maximum absolute atomic E-state index is 15.1. The summed E-state index contributed by atoms with van der Waals surface area (Å²) in [5.74, 6) is 1.56. The number of hydrazine groups is 2. The number of hydrogen-bond acceptors (Lipinski definition) is 10. The van der Waals surface area contributed by atoms with Crippen LogP contribution in [0.4, 0.5) is 33.7 Å². The van der Waals surface area contributed by atoms with Crippen molar-refractivity contribution in [2.45, 2.75) is 12.5 Å². The van der Waals surface area contributed by atoms with Gasteiger partial charge in [-0.15, -0.1) is 0 Å². The van der Waals surface area contributed by atoms with Gasteiger partial charge in [0.05, 0.1) is 37.6 Å². The number of carbonyl (C=O) groups is 3. The van der Waals surface area contributed by atoms with Crippen LogP contribution < -0.4 is 42.9 Å². The first-order valence-corrected chi connectivity index (χ1v) is 11.5. The maximum atomic E-state index is 15.1. The highest BCUT2D eigenvalue weighted by atomic mass is 19.3. The Morgan fingerprint density at radius 2 is 1.89 bits per heavy atom. The summed E-state index contributed by atoms with van der Waals surface area (Å²) in [5.41, 5.74) is 10.7. The molecule has 2 fully saturated rings. The first kappa shape index (κ1) is 28.7. The van der Waals surface area contributed by atoms with E-state index in [0.29, 0.717) is 5.70 Å².